The zero-order chi connectivity index (χ0) is 13.9. The average Bonchev–Trinajstić information content (AvgIpc) is 3.14. The number of likely N-dealkylation sites (N-methyl/N-ethyl adjacent to an activating group) is 1. The molecule has 1 atom stereocenters. The van der Waals surface area contributed by atoms with Crippen molar-refractivity contribution in [2.45, 2.75) is 44.7 Å². The first-order valence-corrected chi connectivity index (χ1v) is 7.77. The second-order valence-corrected chi connectivity index (χ2v) is 5.71. The van der Waals surface area contributed by atoms with Crippen molar-refractivity contribution in [3.63, 3.8) is 0 Å². The fourth-order valence-corrected chi connectivity index (χ4v) is 3.67. The molecule has 3 rings (SSSR count). The maximum absolute atomic E-state index is 6.12. The summed E-state index contributed by atoms with van der Waals surface area (Å²) in [6.07, 6.45) is 7.22. The summed E-state index contributed by atoms with van der Waals surface area (Å²) in [7, 11) is 0. The van der Waals surface area contributed by atoms with E-state index in [9.17, 15) is 0 Å². The summed E-state index contributed by atoms with van der Waals surface area (Å²) >= 11 is 0. The van der Waals surface area contributed by atoms with Gasteiger partial charge < -0.3 is 10.2 Å². The van der Waals surface area contributed by atoms with Gasteiger partial charge in [-0.1, -0.05) is 38.0 Å². The molecule has 0 radical (unpaired) electrons. The van der Waals surface area contributed by atoms with Gasteiger partial charge in [0.25, 0.3) is 0 Å². The number of benzene rings is 1. The molecule has 1 aromatic heterocycles. The molecule has 108 valence electrons. The first-order chi connectivity index (χ1) is 9.85. The molecule has 0 saturated heterocycles. The largest absolute Gasteiger partial charge is 0.464 e. The van der Waals surface area contributed by atoms with Gasteiger partial charge in [-0.2, -0.15) is 0 Å². The monoisotopic (exact) mass is 272 g/mol. The van der Waals surface area contributed by atoms with Crippen LogP contribution < -0.4 is 5.73 Å². The highest BCUT2D eigenvalue weighted by molar-refractivity contribution is 5.81. The van der Waals surface area contributed by atoms with E-state index in [0.29, 0.717) is 12.6 Å². The topological polar surface area (TPSA) is 42.4 Å². The fourth-order valence-electron chi connectivity index (χ4n) is 3.67. The molecule has 0 amide bonds. The van der Waals surface area contributed by atoms with E-state index in [-0.39, 0.29) is 6.04 Å². The molecule has 1 heterocycles. The molecule has 20 heavy (non-hydrogen) atoms. The molecule has 2 N–H and O–H groups in total. The quantitative estimate of drug-likeness (QED) is 0.902. The molecular formula is C17H24N2O. The first kappa shape index (κ1) is 13.7. The third-order valence-electron chi connectivity index (χ3n) is 4.65. The Morgan fingerprint density at radius 3 is 2.75 bits per heavy atom. The van der Waals surface area contributed by atoms with Crippen molar-refractivity contribution in [1.82, 2.24) is 4.90 Å². The summed E-state index contributed by atoms with van der Waals surface area (Å²) in [5.74, 6) is 0. The van der Waals surface area contributed by atoms with E-state index < -0.39 is 0 Å². The zero-order valence-electron chi connectivity index (χ0n) is 12.2. The van der Waals surface area contributed by atoms with Crippen LogP contribution in [0.15, 0.2) is 34.9 Å². The molecule has 0 aliphatic heterocycles. The lowest BCUT2D eigenvalue weighted by molar-refractivity contribution is 0.147. The normalized spacial score (nSPS) is 18.1. The van der Waals surface area contributed by atoms with Crippen LogP contribution in [0.4, 0.5) is 0 Å². The second kappa shape index (κ2) is 5.98. The Balaban J connectivity index is 1.95. The smallest absolute Gasteiger partial charge is 0.134 e. The number of rotatable bonds is 5. The van der Waals surface area contributed by atoms with E-state index in [1.807, 2.05) is 18.4 Å². The van der Waals surface area contributed by atoms with Gasteiger partial charge in [-0.15, -0.1) is 0 Å². The third kappa shape index (κ3) is 2.36. The molecule has 3 nitrogen and oxygen atoms in total. The molecule has 0 spiro atoms. The molecule has 1 aliphatic carbocycles. The van der Waals surface area contributed by atoms with Crippen molar-refractivity contribution in [2.24, 2.45) is 5.73 Å². The molecule has 1 fully saturated rings. The first-order valence-electron chi connectivity index (χ1n) is 7.77. The van der Waals surface area contributed by atoms with Crippen LogP contribution in [0.3, 0.4) is 0 Å². The summed E-state index contributed by atoms with van der Waals surface area (Å²) in [6, 6.07) is 9.20. The standard InChI is InChI=1S/C17H24N2O/c1-2-19(13-7-3-4-8-13)16(11-18)15-12-20-17-10-6-5-9-14(15)17/h5-6,9-10,12-13,16H,2-4,7-8,11,18H2,1H3. The summed E-state index contributed by atoms with van der Waals surface area (Å²) in [5, 5.41) is 1.21. The predicted molar refractivity (Wildman–Crippen MR) is 82.6 cm³/mol. The zero-order valence-corrected chi connectivity index (χ0v) is 12.2. The number of fused-ring (bicyclic) bond motifs is 1. The molecule has 2 aromatic rings. The Bertz CT molecular complexity index is 557. The Morgan fingerprint density at radius 2 is 2.05 bits per heavy atom. The fraction of sp³-hybridized carbons (Fsp3) is 0.529. The Labute approximate surface area is 120 Å². The van der Waals surface area contributed by atoms with Gasteiger partial charge in [-0.05, 0) is 25.5 Å². The number of nitrogens with zero attached hydrogens (tertiary/aromatic N) is 1. The van der Waals surface area contributed by atoms with Crippen molar-refractivity contribution < 1.29 is 4.42 Å². The highest BCUT2D eigenvalue weighted by Crippen LogP contribution is 2.34. The average molecular weight is 272 g/mol. The molecule has 0 bridgehead atoms. The third-order valence-corrected chi connectivity index (χ3v) is 4.65. The number of nitrogens with two attached hydrogens (primary N) is 1. The number of hydrogen-bond acceptors (Lipinski definition) is 3. The van der Waals surface area contributed by atoms with Crippen LogP contribution in [0.5, 0.6) is 0 Å². The number of para-hydroxylation sites is 1. The Kier molecular flexibility index (Phi) is 4.08. The Morgan fingerprint density at radius 1 is 1.30 bits per heavy atom. The van der Waals surface area contributed by atoms with E-state index >= 15 is 0 Å². The van der Waals surface area contributed by atoms with Gasteiger partial charge in [0.05, 0.1) is 12.3 Å². The lowest BCUT2D eigenvalue weighted by Gasteiger charge is -2.34. The SMILES string of the molecule is CCN(C1CCCC1)C(CN)c1coc2ccccc12. The van der Waals surface area contributed by atoms with Crippen LogP contribution in [-0.4, -0.2) is 24.0 Å². The van der Waals surface area contributed by atoms with E-state index in [1.54, 1.807) is 0 Å². The summed E-state index contributed by atoms with van der Waals surface area (Å²) in [5.41, 5.74) is 8.32. The number of hydrogen-bond donors (Lipinski definition) is 1. The second-order valence-electron chi connectivity index (χ2n) is 5.71. The van der Waals surface area contributed by atoms with Crippen LogP contribution in [-0.2, 0) is 0 Å². The Hall–Kier alpha value is -1.32. The summed E-state index contributed by atoms with van der Waals surface area (Å²) in [6.45, 7) is 3.93. The van der Waals surface area contributed by atoms with Crippen molar-refractivity contribution in [3.05, 3.63) is 36.1 Å². The van der Waals surface area contributed by atoms with E-state index in [0.717, 1.165) is 12.1 Å². The molecule has 1 unspecified atom stereocenters. The predicted octanol–water partition coefficient (Wildman–Crippen LogP) is 3.70. The number of furan rings is 1. The van der Waals surface area contributed by atoms with Crippen LogP contribution >= 0.6 is 0 Å². The van der Waals surface area contributed by atoms with Gasteiger partial charge in [0.1, 0.15) is 5.58 Å². The van der Waals surface area contributed by atoms with E-state index in [4.69, 9.17) is 10.2 Å². The van der Waals surface area contributed by atoms with Crippen LogP contribution in [0.25, 0.3) is 11.0 Å². The van der Waals surface area contributed by atoms with Crippen LogP contribution in [0, 0.1) is 0 Å². The van der Waals surface area contributed by atoms with E-state index in [1.165, 1.54) is 36.6 Å². The highest BCUT2D eigenvalue weighted by Gasteiger charge is 2.29. The van der Waals surface area contributed by atoms with Crippen LogP contribution in [0.2, 0.25) is 0 Å². The van der Waals surface area contributed by atoms with Gasteiger partial charge in [-0.3, -0.25) is 4.90 Å². The maximum Gasteiger partial charge on any atom is 0.134 e. The molecule has 1 aliphatic rings. The van der Waals surface area contributed by atoms with Crippen molar-refractivity contribution in [1.29, 1.82) is 0 Å². The van der Waals surface area contributed by atoms with E-state index in [2.05, 4.69) is 24.0 Å². The minimum absolute atomic E-state index is 0.270. The maximum atomic E-state index is 6.12. The van der Waals surface area contributed by atoms with Gasteiger partial charge in [-0.25, -0.2) is 0 Å². The van der Waals surface area contributed by atoms with Gasteiger partial charge in [0.2, 0.25) is 0 Å². The minimum Gasteiger partial charge on any atom is -0.464 e. The lowest BCUT2D eigenvalue weighted by atomic mass is 10.0. The molecule has 1 aromatic carbocycles. The molecule has 1 saturated carbocycles. The minimum atomic E-state index is 0.270. The van der Waals surface area contributed by atoms with Gasteiger partial charge in [0, 0.05) is 23.5 Å². The lowest BCUT2D eigenvalue weighted by Crippen LogP contribution is -2.40. The summed E-state index contributed by atoms with van der Waals surface area (Å²) in [4.78, 5) is 2.57. The van der Waals surface area contributed by atoms with Crippen molar-refractivity contribution >= 4 is 11.0 Å². The van der Waals surface area contributed by atoms with Gasteiger partial charge >= 0.3 is 0 Å². The van der Waals surface area contributed by atoms with Gasteiger partial charge in [0.15, 0.2) is 0 Å². The molecule has 3 heteroatoms. The highest BCUT2D eigenvalue weighted by atomic mass is 16.3. The summed E-state index contributed by atoms with van der Waals surface area (Å²) < 4.78 is 5.71. The van der Waals surface area contributed by atoms with Crippen molar-refractivity contribution in [3.8, 4) is 0 Å². The van der Waals surface area contributed by atoms with Crippen LogP contribution in [0.1, 0.15) is 44.2 Å². The van der Waals surface area contributed by atoms with Crippen molar-refractivity contribution in [2.75, 3.05) is 13.1 Å². The molecular weight excluding hydrogens is 248 g/mol.